The highest BCUT2D eigenvalue weighted by molar-refractivity contribution is 7.10. The van der Waals surface area contributed by atoms with Gasteiger partial charge in [0.2, 0.25) is 0 Å². The molecule has 2 amide bonds. The molecule has 0 unspecified atom stereocenters. The first kappa shape index (κ1) is 17.7. The van der Waals surface area contributed by atoms with Crippen molar-refractivity contribution >= 4 is 28.9 Å². The summed E-state index contributed by atoms with van der Waals surface area (Å²) >= 11 is 1.70. The van der Waals surface area contributed by atoms with Crippen LogP contribution in [0.25, 0.3) is 0 Å². The van der Waals surface area contributed by atoms with Crippen molar-refractivity contribution < 1.29 is 4.79 Å². The van der Waals surface area contributed by atoms with Crippen LogP contribution in [-0.2, 0) is 0 Å². The lowest BCUT2D eigenvalue weighted by atomic mass is 10.2. The van der Waals surface area contributed by atoms with Gasteiger partial charge in [0, 0.05) is 24.5 Å². The van der Waals surface area contributed by atoms with Gasteiger partial charge in [-0.3, -0.25) is 0 Å². The summed E-state index contributed by atoms with van der Waals surface area (Å²) in [5, 5.41) is 7.86. The van der Waals surface area contributed by atoms with E-state index >= 15 is 0 Å². The van der Waals surface area contributed by atoms with Crippen LogP contribution in [-0.4, -0.2) is 49.6 Å². The van der Waals surface area contributed by atoms with Crippen LogP contribution < -0.4 is 15.5 Å². The molecule has 0 bridgehead atoms. The SMILES string of the molecule is CN(C)[C@@H](CNC(=O)Nc1ccc(N2CCCC2)nc1)c1cccs1. The normalized spacial score (nSPS) is 15.4. The van der Waals surface area contributed by atoms with Crippen molar-refractivity contribution in [1.82, 2.24) is 15.2 Å². The monoisotopic (exact) mass is 359 g/mol. The Hall–Kier alpha value is -2.12. The molecule has 1 fully saturated rings. The molecule has 2 N–H and O–H groups in total. The summed E-state index contributed by atoms with van der Waals surface area (Å²) < 4.78 is 0. The third kappa shape index (κ3) is 4.70. The number of hydrogen-bond acceptors (Lipinski definition) is 5. The van der Waals surface area contributed by atoms with Crippen LogP contribution in [0.1, 0.15) is 23.8 Å². The molecule has 0 spiro atoms. The first-order valence-corrected chi connectivity index (χ1v) is 9.47. The number of nitrogens with one attached hydrogen (secondary N) is 2. The van der Waals surface area contributed by atoms with Crippen molar-refractivity contribution in [2.75, 3.05) is 43.9 Å². The number of nitrogens with zero attached hydrogens (tertiary/aromatic N) is 3. The van der Waals surface area contributed by atoms with Gasteiger partial charge < -0.3 is 20.4 Å². The summed E-state index contributed by atoms with van der Waals surface area (Å²) in [6, 6.07) is 7.96. The maximum absolute atomic E-state index is 12.2. The zero-order valence-corrected chi connectivity index (χ0v) is 15.6. The van der Waals surface area contributed by atoms with E-state index in [2.05, 4.69) is 36.9 Å². The number of hydrogen-bond donors (Lipinski definition) is 2. The highest BCUT2D eigenvalue weighted by Crippen LogP contribution is 2.22. The molecule has 0 aliphatic carbocycles. The van der Waals surface area contributed by atoms with Gasteiger partial charge in [-0.2, -0.15) is 0 Å². The molecule has 134 valence electrons. The first-order valence-electron chi connectivity index (χ1n) is 8.59. The Bertz CT molecular complexity index is 665. The maximum atomic E-state index is 12.2. The second-order valence-electron chi connectivity index (χ2n) is 6.43. The van der Waals surface area contributed by atoms with Crippen molar-refractivity contribution in [1.29, 1.82) is 0 Å². The van der Waals surface area contributed by atoms with E-state index in [1.54, 1.807) is 17.5 Å². The molecule has 2 aromatic heterocycles. The molecule has 0 aromatic carbocycles. The van der Waals surface area contributed by atoms with Crippen LogP contribution in [0.2, 0.25) is 0 Å². The molecule has 3 heterocycles. The van der Waals surface area contributed by atoms with Crippen molar-refractivity contribution in [2.45, 2.75) is 18.9 Å². The fourth-order valence-electron chi connectivity index (χ4n) is 2.98. The molecule has 1 aliphatic heterocycles. The van der Waals surface area contributed by atoms with Crippen LogP contribution in [0.4, 0.5) is 16.3 Å². The summed E-state index contributed by atoms with van der Waals surface area (Å²) in [5.74, 6) is 0.980. The van der Waals surface area contributed by atoms with Gasteiger partial charge >= 0.3 is 6.03 Å². The van der Waals surface area contributed by atoms with Gasteiger partial charge in [-0.05, 0) is 50.5 Å². The number of aromatic nitrogens is 1. The number of rotatable bonds is 6. The Balaban J connectivity index is 1.51. The van der Waals surface area contributed by atoms with E-state index in [1.165, 1.54) is 17.7 Å². The largest absolute Gasteiger partial charge is 0.357 e. The zero-order chi connectivity index (χ0) is 17.6. The van der Waals surface area contributed by atoms with Crippen molar-refractivity contribution in [2.24, 2.45) is 0 Å². The highest BCUT2D eigenvalue weighted by Gasteiger charge is 2.16. The van der Waals surface area contributed by atoms with Crippen LogP contribution in [0.3, 0.4) is 0 Å². The number of likely N-dealkylation sites (N-methyl/N-ethyl adjacent to an activating group) is 1. The molecule has 1 saturated heterocycles. The Labute approximate surface area is 152 Å². The van der Waals surface area contributed by atoms with E-state index in [-0.39, 0.29) is 12.1 Å². The molecule has 0 saturated carbocycles. The average Bonchev–Trinajstić information content (AvgIpc) is 3.29. The molecular weight excluding hydrogens is 334 g/mol. The number of amides is 2. The fraction of sp³-hybridized carbons (Fsp3) is 0.444. The lowest BCUT2D eigenvalue weighted by molar-refractivity contribution is 0.244. The number of anilines is 2. The molecule has 6 nitrogen and oxygen atoms in total. The second-order valence-corrected chi connectivity index (χ2v) is 7.41. The molecule has 25 heavy (non-hydrogen) atoms. The minimum Gasteiger partial charge on any atom is -0.357 e. The number of carbonyl (C=O) groups is 1. The van der Waals surface area contributed by atoms with E-state index in [4.69, 9.17) is 0 Å². The van der Waals surface area contributed by atoms with Crippen LogP contribution >= 0.6 is 11.3 Å². The number of carbonyl (C=O) groups excluding carboxylic acids is 1. The predicted molar refractivity (Wildman–Crippen MR) is 103 cm³/mol. The van der Waals surface area contributed by atoms with Gasteiger partial charge in [-0.25, -0.2) is 9.78 Å². The molecule has 1 atom stereocenters. The van der Waals surface area contributed by atoms with Gasteiger partial charge in [0.15, 0.2) is 0 Å². The molecule has 3 rings (SSSR count). The summed E-state index contributed by atoms with van der Waals surface area (Å²) in [5.41, 5.74) is 0.706. The highest BCUT2D eigenvalue weighted by atomic mass is 32.1. The van der Waals surface area contributed by atoms with E-state index in [1.807, 2.05) is 32.3 Å². The van der Waals surface area contributed by atoms with Crippen LogP contribution in [0, 0.1) is 0 Å². The second kappa shape index (κ2) is 8.31. The van der Waals surface area contributed by atoms with E-state index in [0.29, 0.717) is 12.2 Å². The summed E-state index contributed by atoms with van der Waals surface area (Å²) in [4.78, 5) is 22.2. The summed E-state index contributed by atoms with van der Waals surface area (Å²) in [6.45, 7) is 2.68. The Morgan fingerprint density at radius 1 is 1.32 bits per heavy atom. The first-order chi connectivity index (χ1) is 12.1. The zero-order valence-electron chi connectivity index (χ0n) is 14.7. The van der Waals surface area contributed by atoms with E-state index < -0.39 is 0 Å². The minimum atomic E-state index is -0.209. The van der Waals surface area contributed by atoms with Gasteiger partial charge in [-0.1, -0.05) is 6.07 Å². The lowest BCUT2D eigenvalue weighted by Gasteiger charge is -2.23. The number of thiophene rings is 1. The Morgan fingerprint density at radius 3 is 2.72 bits per heavy atom. The van der Waals surface area contributed by atoms with E-state index in [9.17, 15) is 4.79 Å². The number of urea groups is 1. The average molecular weight is 359 g/mol. The molecule has 0 radical (unpaired) electrons. The van der Waals surface area contributed by atoms with E-state index in [0.717, 1.165) is 18.9 Å². The van der Waals surface area contributed by atoms with Gasteiger partial charge in [-0.15, -0.1) is 11.3 Å². The molecule has 2 aromatic rings. The summed E-state index contributed by atoms with van der Waals surface area (Å²) in [6.07, 6.45) is 4.17. The molecule has 7 heteroatoms. The van der Waals surface area contributed by atoms with Crippen molar-refractivity contribution in [3.8, 4) is 0 Å². The fourth-order valence-corrected chi connectivity index (χ4v) is 3.90. The van der Waals surface area contributed by atoms with Gasteiger partial charge in [0.05, 0.1) is 17.9 Å². The van der Waals surface area contributed by atoms with Crippen LogP contribution in [0.15, 0.2) is 35.8 Å². The van der Waals surface area contributed by atoms with Gasteiger partial charge in [0.25, 0.3) is 0 Å². The molecule has 1 aliphatic rings. The summed E-state index contributed by atoms with van der Waals surface area (Å²) in [7, 11) is 4.04. The quantitative estimate of drug-likeness (QED) is 0.832. The topological polar surface area (TPSA) is 60.5 Å². The predicted octanol–water partition coefficient (Wildman–Crippen LogP) is 3.17. The Kier molecular flexibility index (Phi) is 5.88. The third-order valence-electron chi connectivity index (χ3n) is 4.39. The van der Waals surface area contributed by atoms with Crippen molar-refractivity contribution in [3.63, 3.8) is 0 Å². The van der Waals surface area contributed by atoms with Gasteiger partial charge in [0.1, 0.15) is 5.82 Å². The number of pyridine rings is 1. The standard InChI is InChI=1S/C18H25N5OS/c1-22(2)15(16-6-5-11-25-16)13-20-18(24)21-14-7-8-17(19-12-14)23-9-3-4-10-23/h5-8,11-12,15H,3-4,9-10,13H2,1-2H3,(H2,20,21,24)/t15-/m0/s1. The van der Waals surface area contributed by atoms with Crippen molar-refractivity contribution in [3.05, 3.63) is 40.7 Å². The molecular formula is C18H25N5OS. The maximum Gasteiger partial charge on any atom is 0.319 e. The minimum absolute atomic E-state index is 0.168. The third-order valence-corrected chi connectivity index (χ3v) is 5.36. The smallest absolute Gasteiger partial charge is 0.319 e. The van der Waals surface area contributed by atoms with Crippen LogP contribution in [0.5, 0.6) is 0 Å². The lowest BCUT2D eigenvalue weighted by Crippen LogP contribution is -2.36. The Morgan fingerprint density at radius 2 is 2.12 bits per heavy atom.